The number of hydrogen-bond acceptors (Lipinski definition) is 2. The maximum Gasteiger partial charge on any atom is 0.190 e. The lowest BCUT2D eigenvalue weighted by molar-refractivity contribution is 0.128. The summed E-state index contributed by atoms with van der Waals surface area (Å²) in [6.45, 7) is 4.90. The third-order valence-electron chi connectivity index (χ3n) is 2.86. The van der Waals surface area contributed by atoms with E-state index in [9.17, 15) is 0 Å². The monoisotopic (exact) mass is 257 g/mol. The molecule has 0 aromatic rings. The largest absolute Gasteiger partial charge is 0.381 e. The lowest BCUT2D eigenvalue weighted by Crippen LogP contribution is -2.35. The number of rotatable bonds is 11. The van der Waals surface area contributed by atoms with Gasteiger partial charge in [0.05, 0.1) is 0 Å². The average Bonchev–Trinajstić information content (AvgIpc) is 2.40. The molecule has 2 N–H and O–H groups in total. The van der Waals surface area contributed by atoms with Crippen molar-refractivity contribution in [3.63, 3.8) is 0 Å². The number of ether oxygens (including phenoxy) is 1. The number of nitrogens with one attached hydrogen (secondary N) is 2. The molecule has 0 saturated carbocycles. The Bertz CT molecular complexity index is 195. The van der Waals surface area contributed by atoms with Crippen molar-refractivity contribution in [3.05, 3.63) is 0 Å². The molecule has 0 unspecified atom stereocenters. The molecule has 0 atom stereocenters. The molecule has 0 aliphatic heterocycles. The van der Waals surface area contributed by atoms with Gasteiger partial charge >= 0.3 is 0 Å². The standard InChI is InChI=1S/C14H31N3O/c1-4-5-6-7-8-9-12-18-13-10-11-17-14(15-2)16-3/h4-13H2,1-3H3,(H2,15,16,17). The smallest absolute Gasteiger partial charge is 0.190 e. The van der Waals surface area contributed by atoms with Crippen LogP contribution in [0.15, 0.2) is 4.99 Å². The zero-order valence-electron chi connectivity index (χ0n) is 12.4. The maximum atomic E-state index is 5.59. The number of nitrogens with zero attached hydrogens (tertiary/aromatic N) is 1. The number of hydrogen-bond donors (Lipinski definition) is 2. The molecule has 0 bridgehead atoms. The Hall–Kier alpha value is -0.770. The van der Waals surface area contributed by atoms with Gasteiger partial charge in [0.25, 0.3) is 0 Å². The first-order chi connectivity index (χ1) is 8.85. The highest BCUT2D eigenvalue weighted by Gasteiger charge is 1.94. The molecule has 4 nitrogen and oxygen atoms in total. The molecule has 0 aliphatic carbocycles. The van der Waals surface area contributed by atoms with E-state index in [0.29, 0.717) is 0 Å². The second-order valence-electron chi connectivity index (χ2n) is 4.48. The molecule has 0 radical (unpaired) electrons. The molecule has 0 heterocycles. The first-order valence-electron chi connectivity index (χ1n) is 7.31. The van der Waals surface area contributed by atoms with Crippen LogP contribution in [0.2, 0.25) is 0 Å². The molecule has 0 aromatic carbocycles. The van der Waals surface area contributed by atoms with Crippen LogP contribution in [0.1, 0.15) is 51.9 Å². The van der Waals surface area contributed by atoms with Crippen LogP contribution >= 0.6 is 0 Å². The molecule has 0 spiro atoms. The molecule has 0 saturated heterocycles. The highest BCUT2D eigenvalue weighted by Crippen LogP contribution is 2.04. The van der Waals surface area contributed by atoms with E-state index in [2.05, 4.69) is 22.5 Å². The van der Waals surface area contributed by atoms with Crippen LogP contribution in [-0.2, 0) is 4.74 Å². The van der Waals surface area contributed by atoms with E-state index in [1.54, 1.807) is 7.05 Å². The Morgan fingerprint density at radius 2 is 1.67 bits per heavy atom. The fourth-order valence-electron chi connectivity index (χ4n) is 1.75. The van der Waals surface area contributed by atoms with Crippen LogP contribution < -0.4 is 10.6 Å². The summed E-state index contributed by atoms with van der Waals surface area (Å²) in [5.74, 6) is 0.839. The minimum Gasteiger partial charge on any atom is -0.381 e. The summed E-state index contributed by atoms with van der Waals surface area (Å²) in [5, 5.41) is 6.19. The van der Waals surface area contributed by atoms with E-state index in [4.69, 9.17) is 4.74 Å². The van der Waals surface area contributed by atoms with Gasteiger partial charge in [0.1, 0.15) is 0 Å². The van der Waals surface area contributed by atoms with Gasteiger partial charge in [0, 0.05) is 33.9 Å². The third-order valence-corrected chi connectivity index (χ3v) is 2.86. The molecule has 0 fully saturated rings. The Balaban J connectivity index is 3.07. The van der Waals surface area contributed by atoms with E-state index < -0.39 is 0 Å². The van der Waals surface area contributed by atoms with Gasteiger partial charge in [-0.3, -0.25) is 4.99 Å². The topological polar surface area (TPSA) is 45.6 Å². The van der Waals surface area contributed by atoms with Crippen molar-refractivity contribution in [2.24, 2.45) is 4.99 Å². The lowest BCUT2D eigenvalue weighted by Gasteiger charge is -2.08. The number of guanidine groups is 1. The van der Waals surface area contributed by atoms with Gasteiger partial charge in [-0.1, -0.05) is 39.0 Å². The van der Waals surface area contributed by atoms with Gasteiger partial charge in [-0.05, 0) is 12.8 Å². The van der Waals surface area contributed by atoms with E-state index in [1.807, 2.05) is 7.05 Å². The van der Waals surface area contributed by atoms with Crippen molar-refractivity contribution < 1.29 is 4.74 Å². The summed E-state index contributed by atoms with van der Waals surface area (Å²) >= 11 is 0. The fraction of sp³-hybridized carbons (Fsp3) is 0.929. The van der Waals surface area contributed by atoms with E-state index in [1.165, 1.54) is 38.5 Å². The van der Waals surface area contributed by atoms with Gasteiger partial charge in [-0.2, -0.15) is 0 Å². The normalized spacial score (nSPS) is 11.6. The van der Waals surface area contributed by atoms with Crippen LogP contribution in [0.4, 0.5) is 0 Å². The highest BCUT2D eigenvalue weighted by atomic mass is 16.5. The van der Waals surface area contributed by atoms with E-state index in [-0.39, 0.29) is 0 Å². The minimum atomic E-state index is 0.836. The summed E-state index contributed by atoms with van der Waals surface area (Å²) in [6, 6.07) is 0. The summed E-state index contributed by atoms with van der Waals surface area (Å²) in [4.78, 5) is 4.04. The molecule has 0 aliphatic rings. The Morgan fingerprint density at radius 3 is 2.33 bits per heavy atom. The molecule has 0 amide bonds. The van der Waals surface area contributed by atoms with Gasteiger partial charge in [-0.15, -0.1) is 0 Å². The van der Waals surface area contributed by atoms with Crippen molar-refractivity contribution in [1.29, 1.82) is 0 Å². The molecule has 0 aromatic heterocycles. The van der Waals surface area contributed by atoms with Crippen LogP contribution in [0, 0.1) is 0 Å². The lowest BCUT2D eigenvalue weighted by atomic mass is 10.1. The van der Waals surface area contributed by atoms with Crippen molar-refractivity contribution >= 4 is 5.96 Å². The van der Waals surface area contributed by atoms with Crippen molar-refractivity contribution in [3.8, 4) is 0 Å². The summed E-state index contributed by atoms with van der Waals surface area (Å²) in [7, 11) is 3.64. The van der Waals surface area contributed by atoms with Crippen LogP contribution in [-0.4, -0.2) is 39.8 Å². The van der Waals surface area contributed by atoms with Crippen LogP contribution in [0.25, 0.3) is 0 Å². The van der Waals surface area contributed by atoms with Crippen molar-refractivity contribution in [1.82, 2.24) is 10.6 Å². The average molecular weight is 257 g/mol. The van der Waals surface area contributed by atoms with Gasteiger partial charge < -0.3 is 15.4 Å². The van der Waals surface area contributed by atoms with Gasteiger partial charge in [0.2, 0.25) is 0 Å². The first-order valence-corrected chi connectivity index (χ1v) is 7.31. The molecular formula is C14H31N3O. The molecular weight excluding hydrogens is 226 g/mol. The Kier molecular flexibility index (Phi) is 13.7. The second-order valence-corrected chi connectivity index (χ2v) is 4.48. The molecule has 18 heavy (non-hydrogen) atoms. The zero-order chi connectivity index (χ0) is 13.5. The predicted octanol–water partition coefficient (Wildman–Crippen LogP) is 2.55. The van der Waals surface area contributed by atoms with Gasteiger partial charge in [0.15, 0.2) is 5.96 Å². The first kappa shape index (κ1) is 17.2. The summed E-state index contributed by atoms with van der Waals surface area (Å²) in [5.41, 5.74) is 0. The third kappa shape index (κ3) is 11.7. The fourth-order valence-corrected chi connectivity index (χ4v) is 1.75. The minimum absolute atomic E-state index is 0.836. The van der Waals surface area contributed by atoms with E-state index >= 15 is 0 Å². The van der Waals surface area contributed by atoms with Crippen LogP contribution in [0.5, 0.6) is 0 Å². The molecule has 0 rings (SSSR count). The maximum absolute atomic E-state index is 5.59. The molecule has 108 valence electrons. The zero-order valence-corrected chi connectivity index (χ0v) is 12.4. The van der Waals surface area contributed by atoms with Crippen molar-refractivity contribution in [2.45, 2.75) is 51.9 Å². The number of unbranched alkanes of at least 4 members (excludes halogenated alkanes) is 5. The summed E-state index contributed by atoms with van der Waals surface area (Å²) in [6.07, 6.45) is 8.97. The van der Waals surface area contributed by atoms with E-state index in [0.717, 1.165) is 32.1 Å². The predicted molar refractivity (Wildman–Crippen MR) is 79.2 cm³/mol. The number of aliphatic imine (C=N–C) groups is 1. The molecule has 4 heteroatoms. The second kappa shape index (κ2) is 14.3. The summed E-state index contributed by atoms with van der Waals surface area (Å²) < 4.78 is 5.59. The SMILES string of the molecule is CCCCCCCCOCCCNC(=NC)NC. The van der Waals surface area contributed by atoms with Crippen molar-refractivity contribution in [2.75, 3.05) is 33.9 Å². The quantitative estimate of drug-likeness (QED) is 0.340. The van der Waals surface area contributed by atoms with Gasteiger partial charge in [-0.25, -0.2) is 0 Å². The Labute approximate surface area is 113 Å². The Morgan fingerprint density at radius 1 is 1.00 bits per heavy atom. The highest BCUT2D eigenvalue weighted by molar-refractivity contribution is 5.79. The van der Waals surface area contributed by atoms with Crippen LogP contribution in [0.3, 0.4) is 0 Å².